The van der Waals surface area contributed by atoms with Gasteiger partial charge in [-0.25, -0.2) is 0 Å². The molecule has 0 aromatic carbocycles. The van der Waals surface area contributed by atoms with E-state index in [1.165, 1.54) is 0 Å². The Balaban J connectivity index is 3.24. The van der Waals surface area contributed by atoms with Gasteiger partial charge in [0, 0.05) is 19.5 Å². The second kappa shape index (κ2) is 7.10. The van der Waals surface area contributed by atoms with E-state index in [0.29, 0.717) is 6.42 Å². The average molecular weight is 172 g/mol. The molecular weight excluding hydrogens is 152 g/mol. The predicted octanol–water partition coefficient (Wildman–Crippen LogP) is 0.854. The Hall–Kier alpha value is -0.570. The molecule has 0 saturated carbocycles. The van der Waals surface area contributed by atoms with Gasteiger partial charge in [-0.15, -0.1) is 0 Å². The molecule has 0 rings (SSSR count). The Bertz CT molecular complexity index is 126. The first-order valence-corrected chi connectivity index (χ1v) is 4.66. The zero-order valence-electron chi connectivity index (χ0n) is 8.39. The van der Waals surface area contributed by atoms with E-state index in [4.69, 9.17) is 0 Å². The van der Waals surface area contributed by atoms with Crippen molar-refractivity contribution in [2.24, 2.45) is 0 Å². The molecule has 72 valence electrons. The fourth-order valence-electron chi connectivity index (χ4n) is 0.860. The van der Waals surface area contributed by atoms with E-state index in [0.717, 1.165) is 26.1 Å². The molecule has 1 amide bonds. The number of hydrogen-bond acceptors (Lipinski definition) is 2. The highest BCUT2D eigenvalue weighted by molar-refractivity contribution is 5.75. The van der Waals surface area contributed by atoms with Crippen LogP contribution in [0.4, 0.5) is 0 Å². The van der Waals surface area contributed by atoms with Gasteiger partial charge in [0.2, 0.25) is 5.91 Å². The van der Waals surface area contributed by atoms with E-state index < -0.39 is 0 Å². The Morgan fingerprint density at radius 1 is 1.42 bits per heavy atom. The summed E-state index contributed by atoms with van der Waals surface area (Å²) >= 11 is 0. The Morgan fingerprint density at radius 3 is 2.58 bits per heavy atom. The topological polar surface area (TPSA) is 32.3 Å². The number of rotatable bonds is 6. The second-order valence-electron chi connectivity index (χ2n) is 3.00. The van der Waals surface area contributed by atoms with Crippen LogP contribution in [0, 0.1) is 0 Å². The zero-order valence-corrected chi connectivity index (χ0v) is 8.39. The largest absolute Gasteiger partial charge is 0.355 e. The van der Waals surface area contributed by atoms with Crippen LogP contribution in [-0.4, -0.2) is 37.5 Å². The minimum Gasteiger partial charge on any atom is -0.355 e. The molecule has 0 unspecified atom stereocenters. The summed E-state index contributed by atoms with van der Waals surface area (Å²) in [6.45, 7) is 6.85. The standard InChI is InChI=1S/C9H20N2O/c1-4-6-9(12)10-7-8-11(3)5-2/h4-8H2,1-3H3,(H,10,12). The van der Waals surface area contributed by atoms with Gasteiger partial charge in [0.25, 0.3) is 0 Å². The van der Waals surface area contributed by atoms with Crippen molar-refractivity contribution in [2.75, 3.05) is 26.7 Å². The molecule has 0 saturated heterocycles. The van der Waals surface area contributed by atoms with Crippen molar-refractivity contribution in [1.82, 2.24) is 10.2 Å². The number of carbonyl (C=O) groups is 1. The fraction of sp³-hybridized carbons (Fsp3) is 0.889. The first kappa shape index (κ1) is 11.4. The van der Waals surface area contributed by atoms with Gasteiger partial charge < -0.3 is 10.2 Å². The molecule has 12 heavy (non-hydrogen) atoms. The maximum Gasteiger partial charge on any atom is 0.220 e. The van der Waals surface area contributed by atoms with Crippen LogP contribution in [0.5, 0.6) is 0 Å². The van der Waals surface area contributed by atoms with Gasteiger partial charge in [-0.1, -0.05) is 13.8 Å². The molecular formula is C9H20N2O. The molecule has 0 spiro atoms. The maximum atomic E-state index is 11.0. The zero-order chi connectivity index (χ0) is 9.40. The number of carbonyl (C=O) groups excluding carboxylic acids is 1. The van der Waals surface area contributed by atoms with Crippen LogP contribution in [-0.2, 0) is 4.79 Å². The van der Waals surface area contributed by atoms with Gasteiger partial charge in [-0.05, 0) is 20.0 Å². The van der Waals surface area contributed by atoms with Crippen molar-refractivity contribution in [3.05, 3.63) is 0 Å². The highest BCUT2D eigenvalue weighted by Crippen LogP contribution is 1.85. The molecule has 3 nitrogen and oxygen atoms in total. The summed E-state index contributed by atoms with van der Waals surface area (Å²) < 4.78 is 0. The fourth-order valence-corrected chi connectivity index (χ4v) is 0.860. The van der Waals surface area contributed by atoms with Crippen molar-refractivity contribution in [3.63, 3.8) is 0 Å². The molecule has 0 aliphatic rings. The minimum atomic E-state index is 0.169. The van der Waals surface area contributed by atoms with Crippen molar-refractivity contribution in [2.45, 2.75) is 26.7 Å². The van der Waals surface area contributed by atoms with Crippen molar-refractivity contribution in [1.29, 1.82) is 0 Å². The molecule has 0 bridgehead atoms. The van der Waals surface area contributed by atoms with Crippen molar-refractivity contribution >= 4 is 5.91 Å². The average Bonchev–Trinajstić information content (AvgIpc) is 2.04. The molecule has 0 atom stereocenters. The normalized spacial score (nSPS) is 10.3. The summed E-state index contributed by atoms with van der Waals surface area (Å²) in [5, 5.41) is 2.87. The third-order valence-electron chi connectivity index (χ3n) is 1.83. The molecule has 0 aliphatic carbocycles. The Morgan fingerprint density at radius 2 is 2.08 bits per heavy atom. The summed E-state index contributed by atoms with van der Waals surface area (Å²) in [7, 11) is 2.05. The minimum absolute atomic E-state index is 0.169. The first-order chi connectivity index (χ1) is 5.70. The Labute approximate surface area is 75.1 Å². The molecule has 0 fully saturated rings. The monoisotopic (exact) mass is 172 g/mol. The lowest BCUT2D eigenvalue weighted by Gasteiger charge is -2.13. The molecule has 0 aromatic heterocycles. The maximum absolute atomic E-state index is 11.0. The predicted molar refractivity (Wildman–Crippen MR) is 51.1 cm³/mol. The number of amides is 1. The number of nitrogens with one attached hydrogen (secondary N) is 1. The molecule has 1 N–H and O–H groups in total. The van der Waals surface area contributed by atoms with Gasteiger partial charge in [-0.3, -0.25) is 4.79 Å². The van der Waals surface area contributed by atoms with Gasteiger partial charge in [0.1, 0.15) is 0 Å². The van der Waals surface area contributed by atoms with Gasteiger partial charge in [0.05, 0.1) is 0 Å². The van der Waals surface area contributed by atoms with Crippen LogP contribution in [0.3, 0.4) is 0 Å². The number of hydrogen-bond donors (Lipinski definition) is 1. The third-order valence-corrected chi connectivity index (χ3v) is 1.83. The van der Waals surface area contributed by atoms with Crippen LogP contribution in [0.25, 0.3) is 0 Å². The summed E-state index contributed by atoms with van der Waals surface area (Å²) in [5.74, 6) is 0.169. The highest BCUT2D eigenvalue weighted by Gasteiger charge is 1.98. The van der Waals surface area contributed by atoms with E-state index in [2.05, 4.69) is 17.1 Å². The lowest BCUT2D eigenvalue weighted by Crippen LogP contribution is -2.32. The van der Waals surface area contributed by atoms with E-state index in [-0.39, 0.29) is 5.91 Å². The smallest absolute Gasteiger partial charge is 0.220 e. The van der Waals surface area contributed by atoms with E-state index in [1.54, 1.807) is 0 Å². The van der Waals surface area contributed by atoms with E-state index >= 15 is 0 Å². The van der Waals surface area contributed by atoms with E-state index in [1.807, 2.05) is 14.0 Å². The van der Waals surface area contributed by atoms with Gasteiger partial charge in [0.15, 0.2) is 0 Å². The summed E-state index contributed by atoms with van der Waals surface area (Å²) in [6, 6.07) is 0. The molecule has 3 heteroatoms. The second-order valence-corrected chi connectivity index (χ2v) is 3.00. The highest BCUT2D eigenvalue weighted by atomic mass is 16.1. The van der Waals surface area contributed by atoms with Crippen molar-refractivity contribution < 1.29 is 4.79 Å². The van der Waals surface area contributed by atoms with Gasteiger partial charge >= 0.3 is 0 Å². The van der Waals surface area contributed by atoms with Crippen LogP contribution in [0.1, 0.15) is 26.7 Å². The Kier molecular flexibility index (Phi) is 6.76. The number of likely N-dealkylation sites (N-methyl/N-ethyl adjacent to an activating group) is 1. The summed E-state index contributed by atoms with van der Waals surface area (Å²) in [5.41, 5.74) is 0. The molecule has 0 heterocycles. The number of nitrogens with zero attached hydrogens (tertiary/aromatic N) is 1. The summed E-state index contributed by atoms with van der Waals surface area (Å²) in [6.07, 6.45) is 1.57. The van der Waals surface area contributed by atoms with Crippen LogP contribution >= 0.6 is 0 Å². The first-order valence-electron chi connectivity index (χ1n) is 4.66. The quantitative estimate of drug-likeness (QED) is 0.644. The molecule has 0 aliphatic heterocycles. The van der Waals surface area contributed by atoms with E-state index in [9.17, 15) is 4.79 Å². The lowest BCUT2D eigenvalue weighted by atomic mass is 10.3. The van der Waals surface area contributed by atoms with Crippen LogP contribution in [0.15, 0.2) is 0 Å². The third kappa shape index (κ3) is 6.16. The lowest BCUT2D eigenvalue weighted by molar-refractivity contribution is -0.121. The van der Waals surface area contributed by atoms with Crippen molar-refractivity contribution in [3.8, 4) is 0 Å². The molecule has 0 radical (unpaired) electrons. The van der Waals surface area contributed by atoms with Gasteiger partial charge in [-0.2, -0.15) is 0 Å². The van der Waals surface area contributed by atoms with Crippen LogP contribution < -0.4 is 5.32 Å². The SMILES string of the molecule is CCCC(=O)NCCN(C)CC. The summed E-state index contributed by atoms with van der Waals surface area (Å²) in [4.78, 5) is 13.2. The molecule has 0 aromatic rings. The van der Waals surface area contributed by atoms with Crippen LogP contribution in [0.2, 0.25) is 0 Å².